The molecule has 2 nitrogen and oxygen atoms in total. The third-order valence-electron chi connectivity index (χ3n) is 5.15. The zero-order valence-corrected chi connectivity index (χ0v) is 14.0. The predicted octanol–water partition coefficient (Wildman–Crippen LogP) is 4.93. The van der Waals surface area contributed by atoms with Gasteiger partial charge in [-0.25, -0.2) is 4.98 Å². The highest BCUT2D eigenvalue weighted by Gasteiger charge is 2.32. The highest BCUT2D eigenvalue weighted by molar-refractivity contribution is 7.15. The SMILES string of the molecule is CCC(C)(C)C1CCc2nc(-c3ccccc3N)sc2C1. The quantitative estimate of drug-likeness (QED) is 0.816. The minimum Gasteiger partial charge on any atom is -0.398 e. The number of nitrogens with zero attached hydrogens (tertiary/aromatic N) is 1. The topological polar surface area (TPSA) is 38.9 Å². The zero-order valence-electron chi connectivity index (χ0n) is 13.1. The summed E-state index contributed by atoms with van der Waals surface area (Å²) in [6.07, 6.45) is 4.80. The summed E-state index contributed by atoms with van der Waals surface area (Å²) >= 11 is 1.84. The van der Waals surface area contributed by atoms with Crippen molar-refractivity contribution in [1.29, 1.82) is 0 Å². The maximum Gasteiger partial charge on any atom is 0.125 e. The second kappa shape index (κ2) is 5.45. The molecule has 0 saturated carbocycles. The van der Waals surface area contributed by atoms with Crippen LogP contribution in [-0.4, -0.2) is 4.98 Å². The van der Waals surface area contributed by atoms with E-state index in [1.165, 1.54) is 29.8 Å². The van der Waals surface area contributed by atoms with Crippen LogP contribution in [0.5, 0.6) is 0 Å². The molecule has 1 unspecified atom stereocenters. The Labute approximate surface area is 131 Å². The summed E-state index contributed by atoms with van der Waals surface area (Å²) in [7, 11) is 0. The molecule has 1 heterocycles. The molecule has 1 atom stereocenters. The van der Waals surface area contributed by atoms with Gasteiger partial charge in [-0.15, -0.1) is 11.3 Å². The van der Waals surface area contributed by atoms with Crippen LogP contribution < -0.4 is 5.73 Å². The first-order valence-corrected chi connectivity index (χ1v) is 8.66. The summed E-state index contributed by atoms with van der Waals surface area (Å²) in [6.45, 7) is 7.11. The molecular formula is C18H24N2S. The van der Waals surface area contributed by atoms with E-state index in [1.807, 2.05) is 29.5 Å². The van der Waals surface area contributed by atoms with Crippen LogP contribution in [0.25, 0.3) is 10.6 Å². The smallest absolute Gasteiger partial charge is 0.125 e. The standard InChI is InChI=1S/C18H24N2S/c1-4-18(2,3)12-9-10-15-16(11-12)21-17(20-15)13-7-5-6-8-14(13)19/h5-8,12H,4,9-11,19H2,1-3H3. The van der Waals surface area contributed by atoms with Gasteiger partial charge in [0.25, 0.3) is 0 Å². The molecule has 0 radical (unpaired) electrons. The Morgan fingerprint density at radius 2 is 2.10 bits per heavy atom. The van der Waals surface area contributed by atoms with Crippen LogP contribution >= 0.6 is 11.3 Å². The monoisotopic (exact) mass is 300 g/mol. The van der Waals surface area contributed by atoms with Gasteiger partial charge in [0.15, 0.2) is 0 Å². The normalized spacial score (nSPS) is 18.5. The van der Waals surface area contributed by atoms with Crippen molar-refractivity contribution in [2.24, 2.45) is 11.3 Å². The summed E-state index contributed by atoms with van der Waals surface area (Å²) < 4.78 is 0. The molecule has 1 aliphatic rings. The summed E-state index contributed by atoms with van der Waals surface area (Å²) in [5.74, 6) is 0.774. The second-order valence-electron chi connectivity index (χ2n) is 6.76. The third kappa shape index (κ3) is 2.71. The lowest BCUT2D eigenvalue weighted by molar-refractivity contribution is 0.183. The van der Waals surface area contributed by atoms with E-state index >= 15 is 0 Å². The highest BCUT2D eigenvalue weighted by Crippen LogP contribution is 2.43. The Morgan fingerprint density at radius 3 is 2.81 bits per heavy atom. The Morgan fingerprint density at radius 1 is 1.33 bits per heavy atom. The molecule has 0 fully saturated rings. The number of nitrogen functional groups attached to an aromatic ring is 1. The van der Waals surface area contributed by atoms with Crippen LogP contribution in [0, 0.1) is 11.3 Å². The summed E-state index contributed by atoms with van der Waals surface area (Å²) in [5, 5.41) is 1.09. The largest absolute Gasteiger partial charge is 0.398 e. The molecule has 3 heteroatoms. The van der Waals surface area contributed by atoms with Crippen LogP contribution in [0.3, 0.4) is 0 Å². The Kier molecular flexibility index (Phi) is 3.78. The van der Waals surface area contributed by atoms with Crippen molar-refractivity contribution in [3.05, 3.63) is 34.8 Å². The number of benzene rings is 1. The first-order valence-electron chi connectivity index (χ1n) is 7.84. The van der Waals surface area contributed by atoms with Gasteiger partial charge in [0.1, 0.15) is 5.01 Å². The van der Waals surface area contributed by atoms with Gasteiger partial charge in [0.05, 0.1) is 5.69 Å². The number of hydrogen-bond donors (Lipinski definition) is 1. The zero-order chi connectivity index (χ0) is 15.0. The van der Waals surface area contributed by atoms with Crippen molar-refractivity contribution in [1.82, 2.24) is 4.98 Å². The average molecular weight is 300 g/mol. The van der Waals surface area contributed by atoms with Gasteiger partial charge in [0, 0.05) is 16.1 Å². The van der Waals surface area contributed by atoms with Crippen LogP contribution in [0.1, 0.15) is 44.2 Å². The molecule has 2 aromatic rings. The van der Waals surface area contributed by atoms with E-state index in [9.17, 15) is 0 Å². The minimum absolute atomic E-state index is 0.424. The first-order chi connectivity index (χ1) is 10.0. The lowest BCUT2D eigenvalue weighted by atomic mass is 9.70. The van der Waals surface area contributed by atoms with Crippen molar-refractivity contribution < 1.29 is 0 Å². The van der Waals surface area contributed by atoms with Gasteiger partial charge in [-0.1, -0.05) is 39.3 Å². The van der Waals surface area contributed by atoms with Gasteiger partial charge >= 0.3 is 0 Å². The number of para-hydroxylation sites is 1. The molecular weight excluding hydrogens is 276 g/mol. The maximum atomic E-state index is 6.10. The fourth-order valence-corrected chi connectivity index (χ4v) is 4.37. The number of nitrogens with two attached hydrogens (primary N) is 1. The van der Waals surface area contributed by atoms with Crippen molar-refractivity contribution >= 4 is 17.0 Å². The molecule has 1 aromatic heterocycles. The van der Waals surface area contributed by atoms with E-state index in [4.69, 9.17) is 10.7 Å². The maximum absolute atomic E-state index is 6.10. The molecule has 0 saturated heterocycles. The lowest BCUT2D eigenvalue weighted by Gasteiger charge is -2.35. The molecule has 0 bridgehead atoms. The Hall–Kier alpha value is -1.35. The van der Waals surface area contributed by atoms with Crippen molar-refractivity contribution in [2.75, 3.05) is 5.73 Å². The Bertz CT molecular complexity index is 642. The average Bonchev–Trinajstić information content (AvgIpc) is 2.90. The third-order valence-corrected chi connectivity index (χ3v) is 6.30. The fraction of sp³-hybridized carbons (Fsp3) is 0.500. The van der Waals surface area contributed by atoms with Crippen molar-refractivity contribution in [2.45, 2.75) is 46.5 Å². The molecule has 3 rings (SSSR count). The van der Waals surface area contributed by atoms with Gasteiger partial charge in [-0.3, -0.25) is 0 Å². The molecule has 0 spiro atoms. The minimum atomic E-state index is 0.424. The number of rotatable bonds is 3. The van der Waals surface area contributed by atoms with E-state index in [0.29, 0.717) is 5.41 Å². The fourth-order valence-electron chi connectivity index (χ4n) is 3.14. The Balaban J connectivity index is 1.90. The van der Waals surface area contributed by atoms with E-state index < -0.39 is 0 Å². The number of aromatic nitrogens is 1. The van der Waals surface area contributed by atoms with E-state index in [-0.39, 0.29) is 0 Å². The molecule has 2 N–H and O–H groups in total. The van der Waals surface area contributed by atoms with Gasteiger partial charge in [-0.05, 0) is 42.7 Å². The summed E-state index contributed by atoms with van der Waals surface area (Å²) in [6, 6.07) is 8.05. The predicted molar refractivity (Wildman–Crippen MR) is 91.5 cm³/mol. The van der Waals surface area contributed by atoms with Crippen molar-refractivity contribution in [3.63, 3.8) is 0 Å². The number of thiazole rings is 1. The van der Waals surface area contributed by atoms with E-state index in [0.717, 1.165) is 28.6 Å². The molecule has 1 aromatic carbocycles. The first kappa shape index (κ1) is 14.6. The van der Waals surface area contributed by atoms with Gasteiger partial charge in [0.2, 0.25) is 0 Å². The number of anilines is 1. The van der Waals surface area contributed by atoms with Crippen LogP contribution in [0.4, 0.5) is 5.69 Å². The van der Waals surface area contributed by atoms with Crippen LogP contribution in [0.2, 0.25) is 0 Å². The molecule has 1 aliphatic carbocycles. The second-order valence-corrected chi connectivity index (χ2v) is 7.84. The molecule has 21 heavy (non-hydrogen) atoms. The lowest BCUT2D eigenvalue weighted by Crippen LogP contribution is -2.28. The number of hydrogen-bond acceptors (Lipinski definition) is 3. The number of aryl methyl sites for hydroxylation is 1. The summed E-state index contributed by atoms with van der Waals surface area (Å²) in [5.41, 5.74) is 9.74. The number of fused-ring (bicyclic) bond motifs is 1. The van der Waals surface area contributed by atoms with Gasteiger partial charge in [-0.2, -0.15) is 0 Å². The van der Waals surface area contributed by atoms with E-state index in [1.54, 1.807) is 0 Å². The molecule has 0 aliphatic heterocycles. The molecule has 0 amide bonds. The van der Waals surface area contributed by atoms with Crippen LogP contribution in [-0.2, 0) is 12.8 Å². The van der Waals surface area contributed by atoms with Crippen molar-refractivity contribution in [3.8, 4) is 10.6 Å². The van der Waals surface area contributed by atoms with Gasteiger partial charge < -0.3 is 5.73 Å². The van der Waals surface area contributed by atoms with E-state index in [2.05, 4.69) is 26.8 Å². The van der Waals surface area contributed by atoms with Crippen LogP contribution in [0.15, 0.2) is 24.3 Å². The molecule has 112 valence electrons. The highest BCUT2D eigenvalue weighted by atomic mass is 32.1. The summed E-state index contributed by atoms with van der Waals surface area (Å²) in [4.78, 5) is 6.34.